The standard InChI is InChI=1S/C13H28N2S/c1-2-13-12-15(10-11-16-13)9-7-5-3-4-6-8-14/h13H,2-12,14H2,1H3. The molecule has 0 amide bonds. The van der Waals surface area contributed by atoms with Gasteiger partial charge in [0.25, 0.3) is 0 Å². The van der Waals surface area contributed by atoms with Crippen molar-refractivity contribution in [2.45, 2.75) is 50.7 Å². The van der Waals surface area contributed by atoms with Crippen LogP contribution in [-0.2, 0) is 0 Å². The molecule has 96 valence electrons. The zero-order valence-electron chi connectivity index (χ0n) is 10.8. The summed E-state index contributed by atoms with van der Waals surface area (Å²) in [7, 11) is 0. The number of nitrogens with two attached hydrogens (primary N) is 1. The molecule has 1 saturated heterocycles. The van der Waals surface area contributed by atoms with Gasteiger partial charge in [0.2, 0.25) is 0 Å². The van der Waals surface area contributed by atoms with Gasteiger partial charge in [-0.3, -0.25) is 0 Å². The third kappa shape index (κ3) is 6.12. The topological polar surface area (TPSA) is 29.3 Å². The van der Waals surface area contributed by atoms with Crippen molar-refractivity contribution in [3.05, 3.63) is 0 Å². The summed E-state index contributed by atoms with van der Waals surface area (Å²) < 4.78 is 0. The lowest BCUT2D eigenvalue weighted by Crippen LogP contribution is -2.38. The SMILES string of the molecule is CCC1CN(CCCCCCCN)CCS1. The second-order valence-corrected chi connectivity index (χ2v) is 6.17. The van der Waals surface area contributed by atoms with Crippen LogP contribution in [0, 0.1) is 0 Å². The second-order valence-electron chi connectivity index (χ2n) is 4.76. The van der Waals surface area contributed by atoms with Crippen LogP contribution in [0.3, 0.4) is 0 Å². The molecular weight excluding hydrogens is 216 g/mol. The van der Waals surface area contributed by atoms with E-state index in [9.17, 15) is 0 Å². The fourth-order valence-electron chi connectivity index (χ4n) is 2.24. The Morgan fingerprint density at radius 2 is 1.94 bits per heavy atom. The summed E-state index contributed by atoms with van der Waals surface area (Å²) in [5.74, 6) is 1.34. The molecule has 16 heavy (non-hydrogen) atoms. The quantitative estimate of drug-likeness (QED) is 0.666. The number of hydrogen-bond acceptors (Lipinski definition) is 3. The van der Waals surface area contributed by atoms with E-state index in [1.165, 1.54) is 63.9 Å². The van der Waals surface area contributed by atoms with Gasteiger partial charge in [-0.15, -0.1) is 0 Å². The van der Waals surface area contributed by atoms with Crippen molar-refractivity contribution in [3.8, 4) is 0 Å². The first-order chi connectivity index (χ1) is 7.86. The highest BCUT2D eigenvalue weighted by Gasteiger charge is 2.17. The van der Waals surface area contributed by atoms with Crippen molar-refractivity contribution in [1.82, 2.24) is 4.90 Å². The zero-order chi connectivity index (χ0) is 11.6. The maximum atomic E-state index is 5.48. The van der Waals surface area contributed by atoms with Crippen molar-refractivity contribution in [2.24, 2.45) is 5.73 Å². The minimum absolute atomic E-state index is 0.863. The Kier molecular flexibility index (Phi) is 8.34. The smallest absolute Gasteiger partial charge is 0.0172 e. The molecule has 1 atom stereocenters. The Morgan fingerprint density at radius 3 is 2.69 bits per heavy atom. The minimum Gasteiger partial charge on any atom is -0.330 e. The van der Waals surface area contributed by atoms with Crippen molar-refractivity contribution < 1.29 is 0 Å². The van der Waals surface area contributed by atoms with E-state index in [1.54, 1.807) is 0 Å². The molecular formula is C13H28N2S. The van der Waals surface area contributed by atoms with Gasteiger partial charge in [0.1, 0.15) is 0 Å². The summed E-state index contributed by atoms with van der Waals surface area (Å²) in [5, 5.41) is 0.894. The zero-order valence-corrected chi connectivity index (χ0v) is 11.6. The van der Waals surface area contributed by atoms with Gasteiger partial charge in [-0.25, -0.2) is 0 Å². The Labute approximate surface area is 105 Å². The second kappa shape index (κ2) is 9.32. The Morgan fingerprint density at radius 1 is 1.19 bits per heavy atom. The number of thioether (sulfide) groups is 1. The summed E-state index contributed by atoms with van der Waals surface area (Å²) in [6, 6.07) is 0. The summed E-state index contributed by atoms with van der Waals surface area (Å²) in [5.41, 5.74) is 5.48. The third-order valence-corrected chi connectivity index (χ3v) is 4.73. The number of unbranched alkanes of at least 4 members (excludes halogenated alkanes) is 4. The molecule has 1 unspecified atom stereocenters. The molecule has 2 nitrogen and oxygen atoms in total. The maximum Gasteiger partial charge on any atom is 0.0172 e. The molecule has 0 spiro atoms. The molecule has 0 aromatic heterocycles. The van der Waals surface area contributed by atoms with Gasteiger partial charge in [-0.2, -0.15) is 11.8 Å². The van der Waals surface area contributed by atoms with Crippen LogP contribution in [0.25, 0.3) is 0 Å². The molecule has 1 aliphatic heterocycles. The molecule has 1 heterocycles. The van der Waals surface area contributed by atoms with Crippen LogP contribution < -0.4 is 5.73 Å². The van der Waals surface area contributed by atoms with Crippen LogP contribution in [0.1, 0.15) is 45.4 Å². The van der Waals surface area contributed by atoms with Crippen molar-refractivity contribution in [3.63, 3.8) is 0 Å². The van der Waals surface area contributed by atoms with Gasteiger partial charge in [-0.05, 0) is 32.4 Å². The Bertz CT molecular complexity index is 164. The van der Waals surface area contributed by atoms with Crippen LogP contribution >= 0.6 is 11.8 Å². The van der Waals surface area contributed by atoms with Crippen molar-refractivity contribution in [1.29, 1.82) is 0 Å². The van der Waals surface area contributed by atoms with Crippen molar-refractivity contribution >= 4 is 11.8 Å². The highest BCUT2D eigenvalue weighted by molar-refractivity contribution is 8.00. The van der Waals surface area contributed by atoms with Gasteiger partial charge in [-0.1, -0.05) is 26.2 Å². The van der Waals surface area contributed by atoms with Gasteiger partial charge in [0.05, 0.1) is 0 Å². The van der Waals surface area contributed by atoms with Crippen molar-refractivity contribution in [2.75, 3.05) is 31.9 Å². The normalized spacial score (nSPS) is 22.5. The first kappa shape index (κ1) is 14.3. The molecule has 0 saturated carbocycles. The average Bonchev–Trinajstić information content (AvgIpc) is 2.34. The summed E-state index contributed by atoms with van der Waals surface area (Å²) in [6.07, 6.45) is 8.00. The molecule has 0 bridgehead atoms. The molecule has 1 fully saturated rings. The molecule has 1 aliphatic rings. The monoisotopic (exact) mass is 244 g/mol. The minimum atomic E-state index is 0.863. The van der Waals surface area contributed by atoms with Gasteiger partial charge >= 0.3 is 0 Å². The lowest BCUT2D eigenvalue weighted by Gasteiger charge is -2.31. The van der Waals surface area contributed by atoms with E-state index in [0.29, 0.717) is 0 Å². The van der Waals surface area contributed by atoms with Gasteiger partial charge < -0.3 is 10.6 Å². The van der Waals surface area contributed by atoms with E-state index in [4.69, 9.17) is 5.73 Å². The van der Waals surface area contributed by atoms with Crippen LogP contribution in [0.2, 0.25) is 0 Å². The fourth-order valence-corrected chi connectivity index (χ4v) is 3.49. The highest BCUT2D eigenvalue weighted by Crippen LogP contribution is 2.21. The Balaban J connectivity index is 1.95. The molecule has 0 radical (unpaired) electrons. The molecule has 0 aromatic rings. The van der Waals surface area contributed by atoms with Gasteiger partial charge in [0, 0.05) is 24.1 Å². The molecule has 0 aromatic carbocycles. The lowest BCUT2D eigenvalue weighted by atomic mass is 10.1. The van der Waals surface area contributed by atoms with Crippen LogP contribution in [0.5, 0.6) is 0 Å². The summed E-state index contributed by atoms with van der Waals surface area (Å²) >= 11 is 2.16. The molecule has 0 aliphatic carbocycles. The van der Waals surface area contributed by atoms with Crippen LogP contribution in [0.4, 0.5) is 0 Å². The van der Waals surface area contributed by atoms with E-state index in [-0.39, 0.29) is 0 Å². The largest absolute Gasteiger partial charge is 0.330 e. The first-order valence-electron chi connectivity index (χ1n) is 6.90. The fraction of sp³-hybridized carbons (Fsp3) is 1.00. The Hall–Kier alpha value is 0.270. The number of hydrogen-bond donors (Lipinski definition) is 1. The molecule has 2 N–H and O–H groups in total. The maximum absolute atomic E-state index is 5.48. The lowest BCUT2D eigenvalue weighted by molar-refractivity contribution is 0.274. The van der Waals surface area contributed by atoms with Crippen LogP contribution in [-0.4, -0.2) is 42.1 Å². The molecule has 3 heteroatoms. The van der Waals surface area contributed by atoms with E-state index in [2.05, 4.69) is 23.6 Å². The summed E-state index contributed by atoms with van der Waals surface area (Å²) in [4.78, 5) is 2.66. The summed E-state index contributed by atoms with van der Waals surface area (Å²) in [6.45, 7) is 7.13. The van der Waals surface area contributed by atoms with Crippen LogP contribution in [0.15, 0.2) is 0 Å². The van der Waals surface area contributed by atoms with E-state index in [1.807, 2.05) is 0 Å². The molecule has 1 rings (SSSR count). The highest BCUT2D eigenvalue weighted by atomic mass is 32.2. The predicted molar refractivity (Wildman–Crippen MR) is 75.1 cm³/mol. The van der Waals surface area contributed by atoms with E-state index in [0.717, 1.165) is 11.8 Å². The first-order valence-corrected chi connectivity index (χ1v) is 7.95. The number of rotatable bonds is 8. The number of nitrogens with zero attached hydrogens (tertiary/aromatic N) is 1. The van der Waals surface area contributed by atoms with Gasteiger partial charge in [0.15, 0.2) is 0 Å². The average molecular weight is 244 g/mol. The third-order valence-electron chi connectivity index (χ3n) is 3.36. The van der Waals surface area contributed by atoms with E-state index >= 15 is 0 Å². The predicted octanol–water partition coefficient (Wildman–Crippen LogP) is 2.72. The van der Waals surface area contributed by atoms with E-state index < -0.39 is 0 Å².